The molecule has 0 spiro atoms. The van der Waals surface area contributed by atoms with Crippen LogP contribution in [0.3, 0.4) is 0 Å². The minimum atomic E-state index is -0.282. The SMILES string of the molecule is C[C@@H](NC(=O)CN(C)CC(=O)NC(C)(C)C)c1cc2ccccc2o1. The van der Waals surface area contributed by atoms with Gasteiger partial charge in [-0.3, -0.25) is 14.5 Å². The first-order valence-electron chi connectivity index (χ1n) is 8.41. The van der Waals surface area contributed by atoms with Crippen LogP contribution in [-0.2, 0) is 9.59 Å². The number of amides is 2. The maximum absolute atomic E-state index is 12.2. The Kier molecular flexibility index (Phi) is 5.85. The molecule has 2 amide bonds. The molecule has 0 bridgehead atoms. The Balaban J connectivity index is 1.85. The van der Waals surface area contributed by atoms with Crippen LogP contribution in [0.1, 0.15) is 39.5 Å². The number of nitrogens with one attached hydrogen (secondary N) is 2. The molecule has 25 heavy (non-hydrogen) atoms. The lowest BCUT2D eigenvalue weighted by Gasteiger charge is -2.23. The number of hydrogen-bond donors (Lipinski definition) is 2. The molecule has 6 heteroatoms. The van der Waals surface area contributed by atoms with Crippen molar-refractivity contribution in [2.45, 2.75) is 39.3 Å². The second-order valence-corrected chi connectivity index (χ2v) is 7.45. The molecule has 0 fully saturated rings. The standard InChI is InChI=1S/C19H27N3O3/c1-13(16-10-14-8-6-7-9-15(14)25-16)20-17(23)11-22(5)12-18(24)21-19(2,3)4/h6-10,13H,11-12H2,1-5H3,(H,20,23)(H,21,24)/t13-/m1/s1. The molecule has 1 heterocycles. The highest BCUT2D eigenvalue weighted by Crippen LogP contribution is 2.23. The molecule has 1 atom stereocenters. The molecule has 0 aliphatic heterocycles. The molecule has 2 N–H and O–H groups in total. The largest absolute Gasteiger partial charge is 0.459 e. The molecule has 6 nitrogen and oxygen atoms in total. The highest BCUT2D eigenvalue weighted by atomic mass is 16.3. The zero-order chi connectivity index (χ0) is 18.6. The van der Waals surface area contributed by atoms with Crippen molar-refractivity contribution < 1.29 is 14.0 Å². The highest BCUT2D eigenvalue weighted by molar-refractivity contribution is 5.82. The molecule has 0 aliphatic carbocycles. The molecule has 0 aliphatic rings. The van der Waals surface area contributed by atoms with Crippen molar-refractivity contribution in [3.05, 3.63) is 36.1 Å². The van der Waals surface area contributed by atoms with E-state index in [-0.39, 0.29) is 36.5 Å². The molecular weight excluding hydrogens is 318 g/mol. The summed E-state index contributed by atoms with van der Waals surface area (Å²) in [6.07, 6.45) is 0. The monoisotopic (exact) mass is 345 g/mol. The van der Waals surface area contributed by atoms with Gasteiger partial charge in [0.05, 0.1) is 19.1 Å². The van der Waals surface area contributed by atoms with E-state index < -0.39 is 0 Å². The summed E-state index contributed by atoms with van der Waals surface area (Å²) in [4.78, 5) is 25.8. The Bertz CT molecular complexity index is 713. The molecule has 0 saturated heterocycles. The molecule has 1 aromatic heterocycles. The zero-order valence-electron chi connectivity index (χ0n) is 15.6. The Morgan fingerprint density at radius 1 is 1.16 bits per heavy atom. The van der Waals surface area contributed by atoms with Gasteiger partial charge in [0.25, 0.3) is 0 Å². The summed E-state index contributed by atoms with van der Waals surface area (Å²) in [6.45, 7) is 7.96. The van der Waals surface area contributed by atoms with Crippen molar-refractivity contribution in [1.82, 2.24) is 15.5 Å². The lowest BCUT2D eigenvalue weighted by atomic mass is 10.1. The third-order valence-electron chi connectivity index (χ3n) is 3.59. The fourth-order valence-electron chi connectivity index (χ4n) is 2.58. The van der Waals surface area contributed by atoms with E-state index in [9.17, 15) is 9.59 Å². The van der Waals surface area contributed by atoms with Crippen LogP contribution in [0.2, 0.25) is 0 Å². The van der Waals surface area contributed by atoms with E-state index in [1.807, 2.05) is 58.0 Å². The van der Waals surface area contributed by atoms with Gasteiger partial charge in [-0.15, -0.1) is 0 Å². The summed E-state index contributed by atoms with van der Waals surface area (Å²) in [5, 5.41) is 6.79. The van der Waals surface area contributed by atoms with Gasteiger partial charge >= 0.3 is 0 Å². The van der Waals surface area contributed by atoms with Gasteiger partial charge in [0.1, 0.15) is 11.3 Å². The Hall–Kier alpha value is -2.34. The average molecular weight is 345 g/mol. The number of carbonyl (C=O) groups is 2. The second kappa shape index (κ2) is 7.70. The Morgan fingerprint density at radius 2 is 1.80 bits per heavy atom. The predicted octanol–water partition coefficient (Wildman–Crippen LogP) is 2.46. The quantitative estimate of drug-likeness (QED) is 0.843. The molecule has 2 rings (SSSR count). The van der Waals surface area contributed by atoms with Crippen LogP contribution in [0.25, 0.3) is 11.0 Å². The van der Waals surface area contributed by atoms with Crippen molar-refractivity contribution in [3.8, 4) is 0 Å². The maximum Gasteiger partial charge on any atom is 0.234 e. The maximum atomic E-state index is 12.2. The van der Waals surface area contributed by atoms with E-state index in [0.717, 1.165) is 11.0 Å². The number of hydrogen-bond acceptors (Lipinski definition) is 4. The minimum absolute atomic E-state index is 0.104. The number of fused-ring (bicyclic) bond motifs is 1. The third-order valence-corrected chi connectivity index (χ3v) is 3.59. The smallest absolute Gasteiger partial charge is 0.234 e. The van der Waals surface area contributed by atoms with Gasteiger partial charge < -0.3 is 15.1 Å². The summed E-state index contributed by atoms with van der Waals surface area (Å²) in [5.41, 5.74) is 0.519. The summed E-state index contributed by atoms with van der Waals surface area (Å²) >= 11 is 0. The van der Waals surface area contributed by atoms with Crippen molar-refractivity contribution in [3.63, 3.8) is 0 Å². The summed E-state index contributed by atoms with van der Waals surface area (Å²) in [6, 6.07) is 9.42. The van der Waals surface area contributed by atoms with Crippen molar-refractivity contribution in [2.24, 2.45) is 0 Å². The van der Waals surface area contributed by atoms with Gasteiger partial charge in [-0.25, -0.2) is 0 Å². The first kappa shape index (κ1) is 19.0. The van der Waals surface area contributed by atoms with Crippen LogP contribution in [0.5, 0.6) is 0 Å². The van der Waals surface area contributed by atoms with Crippen molar-refractivity contribution >= 4 is 22.8 Å². The van der Waals surface area contributed by atoms with Crippen molar-refractivity contribution in [1.29, 1.82) is 0 Å². The Morgan fingerprint density at radius 3 is 2.44 bits per heavy atom. The van der Waals surface area contributed by atoms with E-state index in [2.05, 4.69) is 10.6 Å². The topological polar surface area (TPSA) is 74.6 Å². The number of furan rings is 1. The van der Waals surface area contributed by atoms with Crippen LogP contribution in [0.15, 0.2) is 34.7 Å². The van der Waals surface area contributed by atoms with Gasteiger partial charge in [0.2, 0.25) is 11.8 Å². The molecule has 0 saturated carbocycles. The molecule has 0 unspecified atom stereocenters. The van der Waals surface area contributed by atoms with Crippen LogP contribution >= 0.6 is 0 Å². The van der Waals surface area contributed by atoms with Crippen LogP contribution in [0, 0.1) is 0 Å². The molecule has 1 aromatic carbocycles. The highest BCUT2D eigenvalue weighted by Gasteiger charge is 2.18. The third kappa shape index (κ3) is 5.90. The molecular formula is C19H27N3O3. The van der Waals surface area contributed by atoms with E-state index in [0.29, 0.717) is 5.76 Å². The summed E-state index contributed by atoms with van der Waals surface area (Å²) in [7, 11) is 1.74. The number of benzene rings is 1. The minimum Gasteiger partial charge on any atom is -0.459 e. The van der Waals surface area contributed by atoms with Gasteiger partial charge in [-0.1, -0.05) is 18.2 Å². The first-order valence-corrected chi connectivity index (χ1v) is 8.41. The Labute approximate surface area is 148 Å². The van der Waals surface area contributed by atoms with Gasteiger partial charge in [0.15, 0.2) is 0 Å². The van der Waals surface area contributed by atoms with Crippen LogP contribution in [0.4, 0.5) is 0 Å². The second-order valence-electron chi connectivity index (χ2n) is 7.45. The van der Waals surface area contributed by atoms with Gasteiger partial charge in [-0.2, -0.15) is 0 Å². The number of carbonyl (C=O) groups excluding carboxylic acids is 2. The van der Waals surface area contributed by atoms with Crippen LogP contribution < -0.4 is 10.6 Å². The van der Waals surface area contributed by atoms with Crippen LogP contribution in [-0.4, -0.2) is 42.4 Å². The predicted molar refractivity (Wildman–Crippen MR) is 98.2 cm³/mol. The first-order chi connectivity index (χ1) is 11.6. The zero-order valence-corrected chi connectivity index (χ0v) is 15.6. The number of para-hydroxylation sites is 1. The van der Waals surface area contributed by atoms with E-state index in [1.54, 1.807) is 11.9 Å². The van der Waals surface area contributed by atoms with Gasteiger partial charge in [0, 0.05) is 10.9 Å². The average Bonchev–Trinajstić information content (AvgIpc) is 2.88. The molecule has 0 radical (unpaired) electrons. The lowest BCUT2D eigenvalue weighted by molar-refractivity contribution is -0.125. The number of rotatable bonds is 6. The molecule has 2 aromatic rings. The summed E-state index contributed by atoms with van der Waals surface area (Å²) < 4.78 is 5.76. The van der Waals surface area contributed by atoms with E-state index in [4.69, 9.17) is 4.42 Å². The molecule has 136 valence electrons. The number of likely N-dealkylation sites (N-methyl/N-ethyl adjacent to an activating group) is 1. The van der Waals surface area contributed by atoms with Crippen molar-refractivity contribution in [2.75, 3.05) is 20.1 Å². The van der Waals surface area contributed by atoms with E-state index >= 15 is 0 Å². The fourth-order valence-corrected chi connectivity index (χ4v) is 2.58. The number of nitrogens with zero attached hydrogens (tertiary/aromatic N) is 1. The summed E-state index contributed by atoms with van der Waals surface area (Å²) in [5.74, 6) is 0.454. The van der Waals surface area contributed by atoms with Gasteiger partial charge in [-0.05, 0) is 46.9 Å². The normalized spacial score (nSPS) is 13.0. The van der Waals surface area contributed by atoms with E-state index in [1.165, 1.54) is 0 Å². The fraction of sp³-hybridized carbons (Fsp3) is 0.474. The lowest BCUT2D eigenvalue weighted by Crippen LogP contribution is -2.47.